The highest BCUT2D eigenvalue weighted by atomic mass is 14.5. The lowest BCUT2D eigenvalue weighted by Gasteiger charge is -2.12. The van der Waals surface area contributed by atoms with Gasteiger partial charge in [0.25, 0.3) is 0 Å². The Morgan fingerprint density at radius 1 is 1.31 bits per heavy atom. The Morgan fingerprint density at radius 2 is 2.00 bits per heavy atom. The van der Waals surface area contributed by atoms with Gasteiger partial charge in [0, 0.05) is 0 Å². The van der Waals surface area contributed by atoms with Gasteiger partial charge >= 0.3 is 0 Å². The summed E-state index contributed by atoms with van der Waals surface area (Å²) in [5.41, 5.74) is 9.76. The summed E-state index contributed by atoms with van der Waals surface area (Å²) in [6.07, 6.45) is 0.994. The van der Waals surface area contributed by atoms with Gasteiger partial charge in [-0.05, 0) is 36.9 Å². The molecule has 0 atom stereocenters. The van der Waals surface area contributed by atoms with Crippen LogP contribution in [0.2, 0.25) is 0 Å². The fraction of sp³-hybridized carbons (Fsp3) is 0.500. The SMILES string of the molecule is Cc1ccc(CCN)c(C(C)C)c1. The third kappa shape index (κ3) is 2.56. The van der Waals surface area contributed by atoms with E-state index in [0.29, 0.717) is 5.92 Å². The topological polar surface area (TPSA) is 26.0 Å². The highest BCUT2D eigenvalue weighted by Gasteiger charge is 2.05. The first kappa shape index (κ1) is 10.3. The molecule has 0 saturated heterocycles. The number of hydrogen-bond acceptors (Lipinski definition) is 1. The number of aryl methyl sites for hydroxylation is 1. The molecule has 0 radical (unpaired) electrons. The number of benzene rings is 1. The van der Waals surface area contributed by atoms with Gasteiger partial charge in [0.2, 0.25) is 0 Å². The molecule has 0 fully saturated rings. The zero-order valence-electron chi connectivity index (χ0n) is 8.80. The zero-order chi connectivity index (χ0) is 9.84. The van der Waals surface area contributed by atoms with Crippen LogP contribution in [0.25, 0.3) is 0 Å². The molecule has 72 valence electrons. The molecule has 0 bridgehead atoms. The molecular weight excluding hydrogens is 158 g/mol. The third-order valence-corrected chi connectivity index (χ3v) is 2.34. The molecule has 0 aromatic heterocycles. The summed E-state index contributed by atoms with van der Waals surface area (Å²) in [5.74, 6) is 0.599. The van der Waals surface area contributed by atoms with Gasteiger partial charge in [-0.3, -0.25) is 0 Å². The molecule has 1 aromatic rings. The van der Waals surface area contributed by atoms with Crippen LogP contribution in [0.1, 0.15) is 36.5 Å². The van der Waals surface area contributed by atoms with Crippen molar-refractivity contribution in [2.75, 3.05) is 6.54 Å². The van der Waals surface area contributed by atoms with Crippen molar-refractivity contribution in [2.45, 2.75) is 33.1 Å². The summed E-state index contributed by atoms with van der Waals surface area (Å²) in [7, 11) is 0. The van der Waals surface area contributed by atoms with E-state index in [1.54, 1.807) is 0 Å². The second-order valence-corrected chi connectivity index (χ2v) is 3.90. The Labute approximate surface area is 81.0 Å². The molecular formula is C12H19N. The van der Waals surface area contributed by atoms with E-state index in [9.17, 15) is 0 Å². The smallest absolute Gasteiger partial charge is 0.00366 e. The molecule has 1 nitrogen and oxygen atoms in total. The van der Waals surface area contributed by atoms with Gasteiger partial charge in [-0.25, -0.2) is 0 Å². The number of nitrogens with two attached hydrogens (primary N) is 1. The largest absolute Gasteiger partial charge is 0.330 e. The van der Waals surface area contributed by atoms with Gasteiger partial charge in [-0.1, -0.05) is 37.6 Å². The molecule has 0 heterocycles. The van der Waals surface area contributed by atoms with E-state index in [2.05, 4.69) is 39.0 Å². The standard InChI is InChI=1S/C12H19N/c1-9(2)12-8-10(3)4-5-11(12)6-7-13/h4-5,8-9H,6-7,13H2,1-3H3. The van der Waals surface area contributed by atoms with Crippen LogP contribution in [-0.2, 0) is 6.42 Å². The zero-order valence-corrected chi connectivity index (χ0v) is 8.80. The molecule has 0 aliphatic heterocycles. The van der Waals surface area contributed by atoms with Gasteiger partial charge in [0.1, 0.15) is 0 Å². The monoisotopic (exact) mass is 177 g/mol. The highest BCUT2D eigenvalue weighted by Crippen LogP contribution is 2.21. The summed E-state index contributed by atoms with van der Waals surface area (Å²) in [4.78, 5) is 0. The van der Waals surface area contributed by atoms with Gasteiger partial charge in [0.05, 0.1) is 0 Å². The van der Waals surface area contributed by atoms with E-state index in [-0.39, 0.29) is 0 Å². The van der Waals surface area contributed by atoms with Crippen molar-refractivity contribution in [2.24, 2.45) is 5.73 Å². The van der Waals surface area contributed by atoms with Crippen LogP contribution in [0, 0.1) is 6.92 Å². The predicted molar refractivity (Wildman–Crippen MR) is 58.0 cm³/mol. The summed E-state index contributed by atoms with van der Waals surface area (Å²) in [5, 5.41) is 0. The molecule has 1 aromatic carbocycles. The molecule has 0 aliphatic rings. The van der Waals surface area contributed by atoms with Gasteiger partial charge in [-0.2, -0.15) is 0 Å². The number of hydrogen-bond donors (Lipinski definition) is 1. The van der Waals surface area contributed by atoms with Crippen LogP contribution in [0.5, 0.6) is 0 Å². The van der Waals surface area contributed by atoms with E-state index in [4.69, 9.17) is 5.73 Å². The van der Waals surface area contributed by atoms with Crippen molar-refractivity contribution in [1.29, 1.82) is 0 Å². The summed E-state index contributed by atoms with van der Waals surface area (Å²) >= 11 is 0. The summed E-state index contributed by atoms with van der Waals surface area (Å²) < 4.78 is 0. The highest BCUT2D eigenvalue weighted by molar-refractivity contribution is 5.33. The summed E-state index contributed by atoms with van der Waals surface area (Å²) in [6, 6.07) is 6.64. The van der Waals surface area contributed by atoms with E-state index in [1.165, 1.54) is 16.7 Å². The fourth-order valence-corrected chi connectivity index (χ4v) is 1.63. The molecule has 0 amide bonds. The Morgan fingerprint density at radius 3 is 2.54 bits per heavy atom. The van der Waals surface area contributed by atoms with Crippen LogP contribution in [0.3, 0.4) is 0 Å². The minimum atomic E-state index is 0.599. The molecule has 13 heavy (non-hydrogen) atoms. The van der Waals surface area contributed by atoms with Crippen molar-refractivity contribution in [3.8, 4) is 0 Å². The maximum Gasteiger partial charge on any atom is -0.00366 e. The van der Waals surface area contributed by atoms with Crippen molar-refractivity contribution >= 4 is 0 Å². The Balaban J connectivity index is 3.03. The predicted octanol–water partition coefficient (Wildman–Crippen LogP) is 2.62. The van der Waals surface area contributed by atoms with Crippen molar-refractivity contribution in [3.05, 3.63) is 34.9 Å². The summed E-state index contributed by atoms with van der Waals surface area (Å²) in [6.45, 7) is 7.34. The van der Waals surface area contributed by atoms with Gasteiger partial charge in [-0.15, -0.1) is 0 Å². The molecule has 1 heteroatoms. The van der Waals surface area contributed by atoms with Crippen LogP contribution in [0.15, 0.2) is 18.2 Å². The van der Waals surface area contributed by atoms with Crippen molar-refractivity contribution in [3.63, 3.8) is 0 Å². The third-order valence-electron chi connectivity index (χ3n) is 2.34. The average molecular weight is 177 g/mol. The lowest BCUT2D eigenvalue weighted by molar-refractivity contribution is 0.830. The maximum atomic E-state index is 5.57. The molecule has 0 saturated carbocycles. The lowest BCUT2D eigenvalue weighted by atomic mass is 9.94. The van der Waals surface area contributed by atoms with Gasteiger partial charge < -0.3 is 5.73 Å². The fourth-order valence-electron chi connectivity index (χ4n) is 1.63. The van der Waals surface area contributed by atoms with Crippen LogP contribution in [-0.4, -0.2) is 6.54 Å². The molecule has 2 N–H and O–H groups in total. The van der Waals surface area contributed by atoms with Crippen molar-refractivity contribution < 1.29 is 0 Å². The molecule has 0 aliphatic carbocycles. The van der Waals surface area contributed by atoms with E-state index in [1.807, 2.05) is 0 Å². The Bertz CT molecular complexity index is 276. The minimum Gasteiger partial charge on any atom is -0.330 e. The Hall–Kier alpha value is -0.820. The average Bonchev–Trinajstić information content (AvgIpc) is 2.08. The van der Waals surface area contributed by atoms with E-state index in [0.717, 1.165) is 13.0 Å². The first-order valence-corrected chi connectivity index (χ1v) is 4.94. The maximum absolute atomic E-state index is 5.57. The first-order chi connectivity index (χ1) is 6.15. The second-order valence-electron chi connectivity index (χ2n) is 3.90. The molecule has 1 rings (SSSR count). The van der Waals surface area contributed by atoms with Crippen molar-refractivity contribution in [1.82, 2.24) is 0 Å². The minimum absolute atomic E-state index is 0.599. The second kappa shape index (κ2) is 4.43. The number of rotatable bonds is 3. The normalized spacial score (nSPS) is 10.8. The van der Waals surface area contributed by atoms with Gasteiger partial charge in [0.15, 0.2) is 0 Å². The van der Waals surface area contributed by atoms with Crippen LogP contribution in [0.4, 0.5) is 0 Å². The first-order valence-electron chi connectivity index (χ1n) is 4.94. The lowest BCUT2D eigenvalue weighted by Crippen LogP contribution is -2.06. The quantitative estimate of drug-likeness (QED) is 0.754. The van der Waals surface area contributed by atoms with Crippen LogP contribution >= 0.6 is 0 Å². The van der Waals surface area contributed by atoms with Crippen LogP contribution < -0.4 is 5.73 Å². The van der Waals surface area contributed by atoms with E-state index < -0.39 is 0 Å². The molecule has 0 spiro atoms. The Kier molecular flexibility index (Phi) is 3.49. The molecule has 0 unspecified atom stereocenters. The van der Waals surface area contributed by atoms with E-state index >= 15 is 0 Å².